The zero-order chi connectivity index (χ0) is 13.7. The molecule has 0 aromatic carbocycles. The standard InChI is InChI=1S/C13H24N2O3/c1-5-18-13(17)9-15(4)12(16)8-14(3)10(2)11-6-7-11/h10-11H,5-9H2,1-4H3/t10-/m0/s1. The van der Waals surface area contributed by atoms with Gasteiger partial charge in [0.15, 0.2) is 0 Å². The molecule has 0 radical (unpaired) electrons. The molecule has 0 unspecified atom stereocenters. The van der Waals surface area contributed by atoms with E-state index in [0.717, 1.165) is 5.92 Å². The maximum Gasteiger partial charge on any atom is 0.325 e. The Kier molecular flexibility index (Phi) is 5.59. The van der Waals surface area contributed by atoms with Crippen molar-refractivity contribution in [3.8, 4) is 0 Å². The Morgan fingerprint density at radius 3 is 2.39 bits per heavy atom. The minimum atomic E-state index is -0.355. The van der Waals surface area contributed by atoms with E-state index in [1.54, 1.807) is 14.0 Å². The van der Waals surface area contributed by atoms with Crippen LogP contribution in [0.5, 0.6) is 0 Å². The van der Waals surface area contributed by atoms with E-state index in [9.17, 15) is 9.59 Å². The Morgan fingerprint density at radius 2 is 1.89 bits per heavy atom. The van der Waals surface area contributed by atoms with Crippen LogP contribution >= 0.6 is 0 Å². The lowest BCUT2D eigenvalue weighted by atomic mass is 10.2. The van der Waals surface area contributed by atoms with Gasteiger partial charge in [-0.15, -0.1) is 0 Å². The third kappa shape index (κ3) is 4.64. The number of esters is 1. The van der Waals surface area contributed by atoms with E-state index in [1.807, 2.05) is 7.05 Å². The van der Waals surface area contributed by atoms with E-state index in [2.05, 4.69) is 11.8 Å². The molecule has 5 nitrogen and oxygen atoms in total. The molecule has 1 atom stereocenters. The van der Waals surface area contributed by atoms with Gasteiger partial charge in [-0.3, -0.25) is 14.5 Å². The summed E-state index contributed by atoms with van der Waals surface area (Å²) in [5.41, 5.74) is 0. The number of hydrogen-bond donors (Lipinski definition) is 0. The minimum absolute atomic E-state index is 0.0261. The lowest BCUT2D eigenvalue weighted by molar-refractivity contribution is -0.148. The van der Waals surface area contributed by atoms with Crippen molar-refractivity contribution in [2.75, 3.05) is 33.8 Å². The topological polar surface area (TPSA) is 49.9 Å². The van der Waals surface area contributed by atoms with Gasteiger partial charge in [-0.05, 0) is 39.7 Å². The summed E-state index contributed by atoms with van der Waals surface area (Å²) in [5.74, 6) is 0.336. The molecule has 1 rings (SSSR count). The average Bonchev–Trinajstić information content (AvgIpc) is 3.11. The van der Waals surface area contributed by atoms with E-state index < -0.39 is 0 Å². The van der Waals surface area contributed by atoms with Crippen molar-refractivity contribution in [3.05, 3.63) is 0 Å². The van der Waals surface area contributed by atoms with Crippen LogP contribution in [0.2, 0.25) is 0 Å². The molecule has 0 aliphatic heterocycles. The molecule has 18 heavy (non-hydrogen) atoms. The molecule has 1 aliphatic carbocycles. The molecule has 0 heterocycles. The van der Waals surface area contributed by atoms with Gasteiger partial charge in [0.1, 0.15) is 6.54 Å². The summed E-state index contributed by atoms with van der Waals surface area (Å²) in [6.07, 6.45) is 2.52. The monoisotopic (exact) mass is 256 g/mol. The molecule has 1 aliphatic rings. The van der Waals surface area contributed by atoms with Crippen LogP contribution in [0.25, 0.3) is 0 Å². The molecule has 0 saturated heterocycles. The van der Waals surface area contributed by atoms with Gasteiger partial charge in [0.2, 0.25) is 5.91 Å². The van der Waals surface area contributed by atoms with Crippen molar-refractivity contribution in [1.82, 2.24) is 9.80 Å². The molecule has 0 aromatic heterocycles. The predicted molar refractivity (Wildman–Crippen MR) is 69.1 cm³/mol. The normalized spacial score (nSPS) is 16.5. The fourth-order valence-electron chi connectivity index (χ4n) is 1.91. The van der Waals surface area contributed by atoms with Crippen LogP contribution in [0.1, 0.15) is 26.7 Å². The molecule has 104 valence electrons. The number of carbonyl (C=O) groups excluding carboxylic acids is 2. The minimum Gasteiger partial charge on any atom is -0.465 e. The van der Waals surface area contributed by atoms with Crippen molar-refractivity contribution in [1.29, 1.82) is 0 Å². The highest BCUT2D eigenvalue weighted by molar-refractivity contribution is 5.83. The summed E-state index contributed by atoms with van der Waals surface area (Å²) >= 11 is 0. The van der Waals surface area contributed by atoms with Crippen molar-refractivity contribution < 1.29 is 14.3 Å². The van der Waals surface area contributed by atoms with Crippen LogP contribution in [0.15, 0.2) is 0 Å². The predicted octanol–water partition coefficient (Wildman–Crippen LogP) is 0.738. The van der Waals surface area contributed by atoms with Crippen molar-refractivity contribution >= 4 is 11.9 Å². The Bertz CT molecular complexity index is 303. The molecule has 0 bridgehead atoms. The smallest absolute Gasteiger partial charge is 0.325 e. The van der Waals surface area contributed by atoms with Gasteiger partial charge >= 0.3 is 5.97 Å². The number of nitrogens with zero attached hydrogens (tertiary/aromatic N) is 2. The fraction of sp³-hybridized carbons (Fsp3) is 0.846. The Labute approximate surface area is 109 Å². The number of rotatable bonds is 7. The molecule has 0 N–H and O–H groups in total. The molecule has 1 fully saturated rings. The average molecular weight is 256 g/mol. The number of ether oxygens (including phenoxy) is 1. The van der Waals surface area contributed by atoms with Crippen LogP contribution in [0, 0.1) is 5.92 Å². The quantitative estimate of drug-likeness (QED) is 0.630. The lowest BCUT2D eigenvalue weighted by Crippen LogP contribution is -2.42. The molecule has 1 amide bonds. The highest BCUT2D eigenvalue weighted by Crippen LogP contribution is 2.34. The SMILES string of the molecule is CCOC(=O)CN(C)C(=O)CN(C)[C@@H](C)C1CC1. The fourth-order valence-corrected chi connectivity index (χ4v) is 1.91. The molecular formula is C13H24N2O3. The van der Waals surface area contributed by atoms with Gasteiger partial charge in [0.05, 0.1) is 13.2 Å². The molecular weight excluding hydrogens is 232 g/mol. The first-order valence-corrected chi connectivity index (χ1v) is 6.55. The number of amides is 1. The molecule has 0 spiro atoms. The third-order valence-corrected chi connectivity index (χ3v) is 3.48. The first-order chi connectivity index (χ1) is 8.45. The van der Waals surface area contributed by atoms with Gasteiger partial charge in [-0.1, -0.05) is 0 Å². The maximum atomic E-state index is 11.9. The Morgan fingerprint density at radius 1 is 1.28 bits per heavy atom. The second-order valence-corrected chi connectivity index (χ2v) is 5.05. The molecule has 5 heteroatoms. The van der Waals surface area contributed by atoms with E-state index in [0.29, 0.717) is 19.2 Å². The summed E-state index contributed by atoms with van der Waals surface area (Å²) in [7, 11) is 3.59. The third-order valence-electron chi connectivity index (χ3n) is 3.48. The van der Waals surface area contributed by atoms with Crippen molar-refractivity contribution in [3.63, 3.8) is 0 Å². The number of likely N-dealkylation sites (N-methyl/N-ethyl adjacent to an activating group) is 2. The zero-order valence-electron chi connectivity index (χ0n) is 11.8. The summed E-state index contributed by atoms with van der Waals surface area (Å²) in [5, 5.41) is 0. The highest BCUT2D eigenvalue weighted by Gasteiger charge is 2.31. The van der Waals surface area contributed by atoms with Gasteiger partial charge in [-0.2, -0.15) is 0 Å². The van der Waals surface area contributed by atoms with Crippen molar-refractivity contribution in [2.45, 2.75) is 32.7 Å². The second kappa shape index (κ2) is 6.73. The Hall–Kier alpha value is -1.10. The van der Waals surface area contributed by atoms with E-state index in [-0.39, 0.29) is 18.4 Å². The summed E-state index contributed by atoms with van der Waals surface area (Å²) in [4.78, 5) is 26.7. The first kappa shape index (κ1) is 15.0. The largest absolute Gasteiger partial charge is 0.465 e. The highest BCUT2D eigenvalue weighted by atomic mass is 16.5. The van der Waals surface area contributed by atoms with E-state index >= 15 is 0 Å². The lowest BCUT2D eigenvalue weighted by Gasteiger charge is -2.26. The number of hydrogen-bond acceptors (Lipinski definition) is 4. The van der Waals surface area contributed by atoms with Gasteiger partial charge in [0.25, 0.3) is 0 Å². The maximum absolute atomic E-state index is 11.9. The first-order valence-electron chi connectivity index (χ1n) is 6.55. The van der Waals surface area contributed by atoms with Crippen molar-refractivity contribution in [2.24, 2.45) is 5.92 Å². The second-order valence-electron chi connectivity index (χ2n) is 5.05. The van der Waals surface area contributed by atoms with Crippen LogP contribution in [-0.4, -0.2) is 61.5 Å². The summed E-state index contributed by atoms with van der Waals surface area (Å²) < 4.78 is 4.82. The van der Waals surface area contributed by atoms with Crippen LogP contribution in [-0.2, 0) is 14.3 Å². The molecule has 1 saturated carbocycles. The Balaban J connectivity index is 2.31. The van der Waals surface area contributed by atoms with Crippen LogP contribution in [0.3, 0.4) is 0 Å². The zero-order valence-corrected chi connectivity index (χ0v) is 11.8. The summed E-state index contributed by atoms with van der Waals surface area (Å²) in [6, 6.07) is 0.435. The van der Waals surface area contributed by atoms with Crippen LogP contribution in [0.4, 0.5) is 0 Å². The van der Waals surface area contributed by atoms with E-state index in [1.165, 1.54) is 17.7 Å². The van der Waals surface area contributed by atoms with Gasteiger partial charge in [-0.25, -0.2) is 0 Å². The van der Waals surface area contributed by atoms with E-state index in [4.69, 9.17) is 4.74 Å². The summed E-state index contributed by atoms with van der Waals surface area (Å²) in [6.45, 7) is 4.63. The van der Waals surface area contributed by atoms with Gasteiger partial charge in [0, 0.05) is 13.1 Å². The number of carbonyl (C=O) groups is 2. The molecule has 0 aromatic rings. The van der Waals surface area contributed by atoms with Crippen LogP contribution < -0.4 is 0 Å². The van der Waals surface area contributed by atoms with Gasteiger partial charge < -0.3 is 9.64 Å².